The summed E-state index contributed by atoms with van der Waals surface area (Å²) in [5.74, 6) is -1.17. The van der Waals surface area contributed by atoms with Crippen LogP contribution in [0, 0.1) is 0 Å². The summed E-state index contributed by atoms with van der Waals surface area (Å²) in [6, 6.07) is 4.01. The van der Waals surface area contributed by atoms with Crippen molar-refractivity contribution in [2.24, 2.45) is 0 Å². The number of phenolic OH excluding ortho intramolecular Hbond substituents is 1. The highest BCUT2D eigenvalue weighted by Gasteiger charge is 2.38. The molecule has 1 aromatic carbocycles. The van der Waals surface area contributed by atoms with E-state index in [0.717, 1.165) is 11.8 Å². The summed E-state index contributed by atoms with van der Waals surface area (Å²) in [5, 5.41) is 21.2. The van der Waals surface area contributed by atoms with Crippen LogP contribution in [0.5, 0.6) is 11.5 Å². The van der Waals surface area contributed by atoms with Gasteiger partial charge in [-0.2, -0.15) is 0 Å². The van der Waals surface area contributed by atoms with Gasteiger partial charge in [0.2, 0.25) is 5.91 Å². The molecule has 1 aliphatic rings. The molecule has 168 valence electrons. The van der Waals surface area contributed by atoms with Gasteiger partial charge in [-0.3, -0.25) is 19.3 Å². The molecule has 1 aliphatic heterocycles. The number of amides is 2. The number of carbonyl (C=O) groups is 3. The van der Waals surface area contributed by atoms with Crippen LogP contribution in [-0.2, 0) is 14.4 Å². The molecular formula is C21H26N2O6S2. The number of thioether (sulfide) groups is 1. The Morgan fingerprint density at radius 2 is 2.06 bits per heavy atom. The maximum atomic E-state index is 12.9. The van der Waals surface area contributed by atoms with Gasteiger partial charge in [0.1, 0.15) is 10.4 Å². The smallest absolute Gasteiger partial charge is 0.303 e. The Hall–Kier alpha value is -2.59. The lowest BCUT2D eigenvalue weighted by atomic mass is 10.1. The van der Waals surface area contributed by atoms with E-state index in [1.807, 2.05) is 0 Å². The number of ether oxygens (including phenoxy) is 1. The third kappa shape index (κ3) is 6.96. The summed E-state index contributed by atoms with van der Waals surface area (Å²) in [6.45, 7) is 4.22. The average Bonchev–Trinajstić information content (AvgIpc) is 2.99. The highest BCUT2D eigenvalue weighted by atomic mass is 32.2. The van der Waals surface area contributed by atoms with Crippen LogP contribution >= 0.6 is 24.0 Å². The molecule has 1 unspecified atom stereocenters. The SMILES string of the molecule is CCOc1cc(/C=C2\SC(=S)N(C(C)C(=O)NCCCCCC(=O)O)C2=O)ccc1O. The molecule has 31 heavy (non-hydrogen) atoms. The van der Waals surface area contributed by atoms with E-state index in [2.05, 4.69) is 5.32 Å². The molecule has 1 fully saturated rings. The third-order valence-corrected chi connectivity index (χ3v) is 5.87. The molecule has 3 N–H and O–H groups in total. The highest BCUT2D eigenvalue weighted by Crippen LogP contribution is 2.35. The van der Waals surface area contributed by atoms with Crippen molar-refractivity contribution in [2.45, 2.75) is 45.6 Å². The number of nitrogens with zero attached hydrogens (tertiary/aromatic N) is 1. The number of nitrogens with one attached hydrogen (secondary N) is 1. The highest BCUT2D eigenvalue weighted by molar-refractivity contribution is 8.26. The lowest BCUT2D eigenvalue weighted by Crippen LogP contribution is -2.47. The molecule has 2 rings (SSSR count). The lowest BCUT2D eigenvalue weighted by molar-refractivity contribution is -0.137. The summed E-state index contributed by atoms with van der Waals surface area (Å²) >= 11 is 6.43. The number of aliphatic carboxylic acids is 1. The number of thiocarbonyl (C=S) groups is 1. The first-order chi connectivity index (χ1) is 14.7. The average molecular weight is 467 g/mol. The molecule has 1 aromatic rings. The van der Waals surface area contributed by atoms with Crippen molar-refractivity contribution in [3.05, 3.63) is 28.7 Å². The fourth-order valence-corrected chi connectivity index (χ4v) is 4.33. The van der Waals surface area contributed by atoms with Gasteiger partial charge < -0.3 is 20.3 Å². The maximum Gasteiger partial charge on any atom is 0.303 e. The molecule has 1 saturated heterocycles. The van der Waals surface area contributed by atoms with Crippen LogP contribution in [-0.4, -0.2) is 56.4 Å². The fraction of sp³-hybridized carbons (Fsp3) is 0.429. The van der Waals surface area contributed by atoms with Crippen molar-refractivity contribution >= 4 is 52.2 Å². The van der Waals surface area contributed by atoms with Crippen LogP contribution in [0.1, 0.15) is 45.1 Å². The Morgan fingerprint density at radius 1 is 1.32 bits per heavy atom. The van der Waals surface area contributed by atoms with E-state index in [0.29, 0.717) is 53.0 Å². The zero-order valence-electron chi connectivity index (χ0n) is 17.4. The quantitative estimate of drug-likeness (QED) is 0.259. The fourth-order valence-electron chi connectivity index (χ4n) is 2.91. The standard InChI is InChI=1S/C21H26N2O6S2/c1-3-29-16-11-14(8-9-15(16)24)12-17-20(28)23(21(30)31-17)13(2)19(27)22-10-6-4-5-7-18(25)26/h8-9,11-13,24H,3-7,10H2,1-2H3,(H,22,27)(H,25,26)/b17-12-. The normalized spacial score (nSPS) is 15.9. The van der Waals surface area contributed by atoms with Crippen molar-refractivity contribution in [3.63, 3.8) is 0 Å². The molecule has 0 spiro atoms. The molecule has 1 atom stereocenters. The van der Waals surface area contributed by atoms with E-state index < -0.39 is 12.0 Å². The molecule has 0 aromatic heterocycles. The topological polar surface area (TPSA) is 116 Å². The predicted octanol–water partition coefficient (Wildman–Crippen LogP) is 3.14. The minimum Gasteiger partial charge on any atom is -0.504 e. The second kappa shape index (κ2) is 11.7. The van der Waals surface area contributed by atoms with Gasteiger partial charge in [-0.25, -0.2) is 0 Å². The van der Waals surface area contributed by atoms with Crippen LogP contribution in [0.15, 0.2) is 23.1 Å². The number of phenols is 1. The van der Waals surface area contributed by atoms with Crippen LogP contribution < -0.4 is 10.1 Å². The van der Waals surface area contributed by atoms with E-state index >= 15 is 0 Å². The van der Waals surface area contributed by atoms with Crippen LogP contribution in [0.4, 0.5) is 0 Å². The first-order valence-corrected chi connectivity index (χ1v) is 11.2. The van der Waals surface area contributed by atoms with E-state index in [-0.39, 0.29) is 24.0 Å². The van der Waals surface area contributed by atoms with Gasteiger partial charge in [-0.05, 0) is 50.5 Å². The number of carboxylic acids is 1. The van der Waals surface area contributed by atoms with Crippen LogP contribution in [0.25, 0.3) is 6.08 Å². The van der Waals surface area contributed by atoms with Gasteiger partial charge in [-0.1, -0.05) is 36.5 Å². The second-order valence-electron chi connectivity index (χ2n) is 6.88. The first kappa shape index (κ1) is 24.7. The van der Waals surface area contributed by atoms with Crippen molar-refractivity contribution in [1.29, 1.82) is 0 Å². The Kier molecular flexibility index (Phi) is 9.32. The number of carbonyl (C=O) groups excluding carboxylic acids is 2. The number of rotatable bonds is 11. The molecule has 1 heterocycles. The summed E-state index contributed by atoms with van der Waals surface area (Å²) < 4.78 is 5.66. The molecule has 10 heteroatoms. The number of hydrogen-bond acceptors (Lipinski definition) is 7. The monoisotopic (exact) mass is 466 g/mol. The minimum absolute atomic E-state index is 0.0137. The molecular weight excluding hydrogens is 440 g/mol. The van der Waals surface area contributed by atoms with Crippen molar-refractivity contribution in [2.75, 3.05) is 13.2 Å². The Bertz CT molecular complexity index is 887. The number of unbranched alkanes of at least 4 members (excludes halogenated alkanes) is 2. The summed E-state index contributed by atoms with van der Waals surface area (Å²) in [6.07, 6.45) is 3.67. The zero-order valence-corrected chi connectivity index (χ0v) is 19.1. The summed E-state index contributed by atoms with van der Waals surface area (Å²) in [5.41, 5.74) is 0.667. The predicted molar refractivity (Wildman–Crippen MR) is 123 cm³/mol. The molecule has 0 bridgehead atoms. The first-order valence-electron chi connectivity index (χ1n) is 9.97. The number of aromatic hydroxyl groups is 1. The molecule has 0 radical (unpaired) electrons. The zero-order chi connectivity index (χ0) is 23.0. The van der Waals surface area contributed by atoms with Gasteiger partial charge >= 0.3 is 5.97 Å². The summed E-state index contributed by atoms with van der Waals surface area (Å²) in [4.78, 5) is 37.5. The third-order valence-electron chi connectivity index (χ3n) is 4.54. The number of carboxylic acid groups (broad SMARTS) is 1. The van der Waals surface area contributed by atoms with Gasteiger partial charge in [-0.15, -0.1) is 0 Å². The van der Waals surface area contributed by atoms with E-state index in [1.165, 1.54) is 11.0 Å². The lowest BCUT2D eigenvalue weighted by Gasteiger charge is -2.22. The Labute approximate surface area is 190 Å². The van der Waals surface area contributed by atoms with Gasteiger partial charge in [0.05, 0.1) is 11.5 Å². The van der Waals surface area contributed by atoms with Gasteiger partial charge in [0.15, 0.2) is 11.5 Å². The molecule has 2 amide bonds. The molecule has 0 aliphatic carbocycles. The van der Waals surface area contributed by atoms with E-state index in [1.54, 1.807) is 32.1 Å². The number of hydrogen-bond donors (Lipinski definition) is 3. The van der Waals surface area contributed by atoms with Crippen molar-refractivity contribution in [3.8, 4) is 11.5 Å². The Morgan fingerprint density at radius 3 is 2.74 bits per heavy atom. The molecule has 8 nitrogen and oxygen atoms in total. The van der Waals surface area contributed by atoms with E-state index in [4.69, 9.17) is 22.1 Å². The minimum atomic E-state index is -0.832. The maximum absolute atomic E-state index is 12.9. The van der Waals surface area contributed by atoms with Crippen LogP contribution in [0.3, 0.4) is 0 Å². The number of benzene rings is 1. The molecule has 0 saturated carbocycles. The Balaban J connectivity index is 1.97. The van der Waals surface area contributed by atoms with Crippen LogP contribution in [0.2, 0.25) is 0 Å². The van der Waals surface area contributed by atoms with Gasteiger partial charge in [0, 0.05) is 13.0 Å². The van der Waals surface area contributed by atoms with E-state index in [9.17, 15) is 19.5 Å². The van der Waals surface area contributed by atoms with Crippen molar-refractivity contribution in [1.82, 2.24) is 10.2 Å². The largest absolute Gasteiger partial charge is 0.504 e. The summed E-state index contributed by atoms with van der Waals surface area (Å²) in [7, 11) is 0. The second-order valence-corrected chi connectivity index (χ2v) is 8.56. The van der Waals surface area contributed by atoms with Crippen molar-refractivity contribution < 1.29 is 29.3 Å². The van der Waals surface area contributed by atoms with Gasteiger partial charge in [0.25, 0.3) is 5.91 Å².